The van der Waals surface area contributed by atoms with Crippen LogP contribution in [0.5, 0.6) is 0 Å². The molecule has 0 amide bonds. The number of aliphatic hydroxyl groups excluding tert-OH is 2. The van der Waals surface area contributed by atoms with Gasteiger partial charge in [0.2, 0.25) is 0 Å². The number of aliphatic hydroxyl groups is 2. The lowest BCUT2D eigenvalue weighted by Gasteiger charge is -2.40. The van der Waals surface area contributed by atoms with E-state index >= 15 is 0 Å². The monoisotopic (exact) mass is 1000 g/mol. The predicted molar refractivity (Wildman–Crippen MR) is 285 cm³/mol. The number of rotatable bonds is 47. The summed E-state index contributed by atoms with van der Waals surface area (Å²) < 4.78 is 28.3. The molecule has 0 radical (unpaired) electrons. The average Bonchev–Trinajstić information content (AvgIpc) is 3.35. The maximum atomic E-state index is 13.1. The molecule has 71 heavy (non-hydrogen) atoms. The Balaban J connectivity index is 2.71. The van der Waals surface area contributed by atoms with Crippen molar-refractivity contribution in [3.8, 4) is 0 Å². The molecule has 1 aliphatic rings. The molecule has 0 aliphatic carbocycles. The lowest BCUT2D eigenvalue weighted by molar-refractivity contribution is -0.301. The number of aliphatic carboxylic acids is 1. The van der Waals surface area contributed by atoms with E-state index in [0.717, 1.165) is 89.9 Å². The van der Waals surface area contributed by atoms with Crippen molar-refractivity contribution in [1.29, 1.82) is 0 Å². The molecule has 1 fully saturated rings. The number of esters is 3. The lowest BCUT2D eigenvalue weighted by Crippen LogP contribution is -2.61. The molecule has 408 valence electrons. The first-order valence-corrected chi connectivity index (χ1v) is 28.3. The van der Waals surface area contributed by atoms with Crippen LogP contribution in [-0.2, 0) is 42.9 Å². The second-order valence-electron chi connectivity index (χ2n) is 19.2. The fourth-order valence-electron chi connectivity index (χ4n) is 8.24. The van der Waals surface area contributed by atoms with Gasteiger partial charge in [0.15, 0.2) is 24.6 Å². The highest BCUT2D eigenvalue weighted by Gasteiger charge is 2.50. The number of allylic oxidation sites excluding steroid dienone is 10. The molecule has 0 aromatic heterocycles. The van der Waals surface area contributed by atoms with Crippen LogP contribution in [0.15, 0.2) is 60.8 Å². The van der Waals surface area contributed by atoms with Crippen molar-refractivity contribution in [1.82, 2.24) is 0 Å². The van der Waals surface area contributed by atoms with Crippen molar-refractivity contribution in [3.63, 3.8) is 0 Å². The van der Waals surface area contributed by atoms with Crippen LogP contribution in [-0.4, -0.2) is 89.2 Å². The van der Waals surface area contributed by atoms with E-state index in [9.17, 15) is 34.5 Å². The average molecular weight is 1000 g/mol. The number of ether oxygens (including phenoxy) is 5. The second kappa shape index (κ2) is 47.4. The van der Waals surface area contributed by atoms with E-state index < -0.39 is 67.3 Å². The van der Waals surface area contributed by atoms with E-state index in [1.165, 1.54) is 89.9 Å². The topological polar surface area (TPSA) is 175 Å². The second-order valence-corrected chi connectivity index (χ2v) is 19.2. The number of hydrogen-bond donors (Lipinski definition) is 3. The van der Waals surface area contributed by atoms with Gasteiger partial charge in [0, 0.05) is 19.3 Å². The van der Waals surface area contributed by atoms with E-state index in [1.54, 1.807) is 0 Å². The van der Waals surface area contributed by atoms with E-state index in [-0.39, 0.29) is 25.9 Å². The van der Waals surface area contributed by atoms with Gasteiger partial charge in [0.25, 0.3) is 0 Å². The third kappa shape index (κ3) is 37.8. The highest BCUT2D eigenvalue weighted by atomic mass is 16.7. The van der Waals surface area contributed by atoms with Crippen molar-refractivity contribution in [2.45, 2.75) is 276 Å². The van der Waals surface area contributed by atoms with Crippen LogP contribution in [0.4, 0.5) is 0 Å². The fourth-order valence-corrected chi connectivity index (χ4v) is 8.24. The summed E-state index contributed by atoms with van der Waals surface area (Å²) in [6.45, 7) is 5.80. The van der Waals surface area contributed by atoms with Gasteiger partial charge in [0.1, 0.15) is 18.8 Å². The molecule has 1 heterocycles. The van der Waals surface area contributed by atoms with E-state index in [1.807, 2.05) is 0 Å². The third-order valence-corrected chi connectivity index (χ3v) is 12.6. The Morgan fingerprint density at radius 3 is 1.39 bits per heavy atom. The zero-order chi connectivity index (χ0) is 51.8. The summed E-state index contributed by atoms with van der Waals surface area (Å²) in [5, 5.41) is 31.3. The van der Waals surface area contributed by atoms with Crippen LogP contribution in [0.1, 0.15) is 239 Å². The Hall–Kier alpha value is -3.58. The van der Waals surface area contributed by atoms with E-state index in [2.05, 4.69) is 81.5 Å². The summed E-state index contributed by atoms with van der Waals surface area (Å²) in [5.41, 5.74) is 0. The van der Waals surface area contributed by atoms with Crippen molar-refractivity contribution in [2.75, 3.05) is 13.2 Å². The van der Waals surface area contributed by atoms with Gasteiger partial charge in [0.05, 0.1) is 6.61 Å². The first-order chi connectivity index (χ1) is 34.6. The molecule has 1 saturated heterocycles. The molecule has 0 saturated carbocycles. The van der Waals surface area contributed by atoms with Crippen molar-refractivity contribution < 1.29 is 58.2 Å². The number of carbonyl (C=O) groups is 4. The molecular formula is C59H100O12. The molecule has 6 unspecified atom stereocenters. The molecule has 0 aromatic carbocycles. The summed E-state index contributed by atoms with van der Waals surface area (Å²) in [7, 11) is 0. The SMILES string of the molecule is CC/C=C\C/C=C\C/C=C\C/C=C\CCCCC(=O)OC(COC(=O)CCCCCCCCC/C=C\CCCCCCCC)COC1OC(C(=O)O)C(O)C(O)C1OC(=O)CCCCCCCCCCC. The van der Waals surface area contributed by atoms with Gasteiger partial charge < -0.3 is 39.0 Å². The zero-order valence-electron chi connectivity index (χ0n) is 44.7. The first-order valence-electron chi connectivity index (χ1n) is 28.3. The molecule has 12 nitrogen and oxygen atoms in total. The van der Waals surface area contributed by atoms with Crippen LogP contribution < -0.4 is 0 Å². The number of carbonyl (C=O) groups excluding carboxylic acids is 3. The van der Waals surface area contributed by atoms with Crippen LogP contribution in [0, 0.1) is 0 Å². The van der Waals surface area contributed by atoms with E-state index in [0.29, 0.717) is 19.3 Å². The summed E-state index contributed by atoms with van der Waals surface area (Å²) in [5.74, 6) is -3.18. The number of carboxylic acid groups (broad SMARTS) is 1. The zero-order valence-corrected chi connectivity index (χ0v) is 44.7. The highest BCUT2D eigenvalue weighted by Crippen LogP contribution is 2.26. The molecule has 1 aliphatic heterocycles. The highest BCUT2D eigenvalue weighted by molar-refractivity contribution is 5.74. The molecule has 3 N–H and O–H groups in total. The van der Waals surface area contributed by atoms with Crippen LogP contribution in [0.25, 0.3) is 0 Å². The Bertz CT molecular complexity index is 1470. The van der Waals surface area contributed by atoms with Crippen molar-refractivity contribution >= 4 is 23.9 Å². The van der Waals surface area contributed by atoms with Gasteiger partial charge in [-0.15, -0.1) is 0 Å². The van der Waals surface area contributed by atoms with Gasteiger partial charge in [-0.1, -0.05) is 197 Å². The Morgan fingerprint density at radius 1 is 0.479 bits per heavy atom. The standard InChI is InChI=1S/C59H100O12/c1-4-7-10-13-16-19-21-23-25-26-28-29-31-34-36-39-42-45-51(60)67-48-50(69-52(61)46-43-40-38-35-32-30-27-24-22-20-17-14-11-8-5-2)49-68-59-57(55(64)54(63)56(71-59)58(65)66)70-53(62)47-44-41-37-33-18-15-12-9-6-3/h8,11,17,20,23-25,27,32,35,50,54-57,59,63-64H,4-7,9-10,12-16,18-19,21-22,26,28-31,33-34,36-49H2,1-3H3,(H,65,66)/b11-8-,20-17-,25-23-,27-24-,35-32-. The summed E-state index contributed by atoms with van der Waals surface area (Å²) in [6, 6.07) is 0. The lowest BCUT2D eigenvalue weighted by atomic mass is 9.98. The van der Waals surface area contributed by atoms with Crippen LogP contribution >= 0.6 is 0 Å². The van der Waals surface area contributed by atoms with Crippen molar-refractivity contribution in [3.05, 3.63) is 60.8 Å². The summed E-state index contributed by atoms with van der Waals surface area (Å²) in [4.78, 5) is 50.9. The summed E-state index contributed by atoms with van der Waals surface area (Å²) >= 11 is 0. The minimum Gasteiger partial charge on any atom is -0.479 e. The number of hydrogen-bond acceptors (Lipinski definition) is 11. The molecule has 0 bridgehead atoms. The number of carboxylic acids is 1. The van der Waals surface area contributed by atoms with Gasteiger partial charge in [-0.25, -0.2) is 4.79 Å². The molecule has 12 heteroatoms. The molecular weight excluding hydrogens is 901 g/mol. The molecule has 1 rings (SSSR count). The summed E-state index contributed by atoms with van der Waals surface area (Å²) in [6.07, 6.45) is 45.0. The smallest absolute Gasteiger partial charge is 0.335 e. The largest absolute Gasteiger partial charge is 0.479 e. The minimum absolute atomic E-state index is 0.0555. The fraction of sp³-hybridized carbons (Fsp3) is 0.763. The maximum Gasteiger partial charge on any atom is 0.335 e. The minimum atomic E-state index is -1.91. The van der Waals surface area contributed by atoms with Crippen LogP contribution in [0.3, 0.4) is 0 Å². The Labute approximate surface area is 430 Å². The third-order valence-electron chi connectivity index (χ3n) is 12.6. The van der Waals surface area contributed by atoms with Gasteiger partial charge in [-0.3, -0.25) is 14.4 Å². The van der Waals surface area contributed by atoms with Crippen LogP contribution in [0.2, 0.25) is 0 Å². The van der Waals surface area contributed by atoms with Crippen molar-refractivity contribution in [2.24, 2.45) is 0 Å². The predicted octanol–water partition coefficient (Wildman–Crippen LogP) is 14.0. The van der Waals surface area contributed by atoms with E-state index in [4.69, 9.17) is 23.7 Å². The molecule has 6 atom stereocenters. The Kier molecular flexibility index (Phi) is 43.7. The van der Waals surface area contributed by atoms with Gasteiger partial charge in [-0.2, -0.15) is 0 Å². The first kappa shape index (κ1) is 65.4. The quantitative estimate of drug-likeness (QED) is 0.0228. The molecule has 0 spiro atoms. The maximum absolute atomic E-state index is 13.1. The number of unbranched alkanes of at least 4 members (excludes halogenated alkanes) is 23. The normalized spacial score (nSPS) is 18.9. The Morgan fingerprint density at radius 2 is 0.887 bits per heavy atom. The van der Waals surface area contributed by atoms with Gasteiger partial charge >= 0.3 is 23.9 Å². The van der Waals surface area contributed by atoms with Gasteiger partial charge in [-0.05, 0) is 83.5 Å². The molecule has 0 aromatic rings.